The SMILES string of the molecule is Cc1c(F)cc(C(=O)OCC2CCCO2)cc1S(N)(=O)=O. The smallest absolute Gasteiger partial charge is 0.338 e. The molecule has 21 heavy (non-hydrogen) atoms. The normalized spacial score (nSPS) is 18.7. The monoisotopic (exact) mass is 317 g/mol. The number of sulfonamides is 1. The summed E-state index contributed by atoms with van der Waals surface area (Å²) in [6.45, 7) is 1.95. The number of halogens is 1. The van der Waals surface area contributed by atoms with Crippen molar-refractivity contribution in [1.29, 1.82) is 0 Å². The number of nitrogens with two attached hydrogens (primary N) is 1. The van der Waals surface area contributed by atoms with Crippen molar-refractivity contribution in [2.45, 2.75) is 30.8 Å². The first-order valence-corrected chi connectivity index (χ1v) is 7.95. The van der Waals surface area contributed by atoms with E-state index in [2.05, 4.69) is 0 Å². The molecule has 0 amide bonds. The number of carbonyl (C=O) groups excluding carboxylic acids is 1. The highest BCUT2D eigenvalue weighted by atomic mass is 32.2. The van der Waals surface area contributed by atoms with Gasteiger partial charge < -0.3 is 9.47 Å². The highest BCUT2D eigenvalue weighted by Crippen LogP contribution is 2.20. The summed E-state index contributed by atoms with van der Waals surface area (Å²) in [4.78, 5) is 11.4. The summed E-state index contributed by atoms with van der Waals surface area (Å²) in [6, 6.07) is 1.95. The third-order valence-electron chi connectivity index (χ3n) is 3.26. The second-order valence-electron chi connectivity index (χ2n) is 4.86. The lowest BCUT2D eigenvalue weighted by Gasteiger charge is -2.11. The predicted molar refractivity (Wildman–Crippen MR) is 71.8 cm³/mol. The Bertz CT molecular complexity index is 653. The second kappa shape index (κ2) is 6.08. The molecule has 1 saturated heterocycles. The number of rotatable bonds is 4. The fourth-order valence-electron chi connectivity index (χ4n) is 2.09. The Morgan fingerprint density at radius 2 is 2.24 bits per heavy atom. The standard InChI is InChI=1S/C13H16FNO5S/c1-8-11(14)5-9(6-12(8)21(15,17)18)13(16)20-7-10-3-2-4-19-10/h5-6,10H,2-4,7H2,1H3,(H2,15,17,18). The molecule has 0 aliphatic carbocycles. The van der Waals surface area contributed by atoms with Gasteiger partial charge in [0, 0.05) is 12.2 Å². The first kappa shape index (κ1) is 15.9. The summed E-state index contributed by atoms with van der Waals surface area (Å²) >= 11 is 0. The Morgan fingerprint density at radius 1 is 1.52 bits per heavy atom. The molecular formula is C13H16FNO5S. The zero-order valence-corrected chi connectivity index (χ0v) is 12.3. The van der Waals surface area contributed by atoms with Crippen molar-refractivity contribution in [3.05, 3.63) is 29.1 Å². The molecule has 1 fully saturated rings. The van der Waals surface area contributed by atoms with Crippen molar-refractivity contribution < 1.29 is 27.1 Å². The number of primary sulfonamides is 1. The maximum atomic E-state index is 13.7. The van der Waals surface area contributed by atoms with Gasteiger partial charge in [-0.1, -0.05) is 0 Å². The molecule has 0 radical (unpaired) electrons. The minimum atomic E-state index is -4.12. The van der Waals surface area contributed by atoms with Gasteiger partial charge >= 0.3 is 5.97 Å². The largest absolute Gasteiger partial charge is 0.459 e. The first-order valence-electron chi connectivity index (χ1n) is 6.40. The third-order valence-corrected chi connectivity index (χ3v) is 4.30. The highest BCUT2D eigenvalue weighted by Gasteiger charge is 2.22. The minimum absolute atomic E-state index is 0.0546. The lowest BCUT2D eigenvalue weighted by molar-refractivity contribution is 0.0161. The average molecular weight is 317 g/mol. The predicted octanol–water partition coefficient (Wildman–Crippen LogP) is 1.12. The zero-order chi connectivity index (χ0) is 15.6. The van der Waals surface area contributed by atoms with Crippen LogP contribution in [0.1, 0.15) is 28.8 Å². The molecule has 2 N–H and O–H groups in total. The molecule has 1 aromatic rings. The minimum Gasteiger partial charge on any atom is -0.459 e. The van der Waals surface area contributed by atoms with Gasteiger partial charge in [-0.2, -0.15) is 0 Å². The zero-order valence-electron chi connectivity index (χ0n) is 11.5. The van der Waals surface area contributed by atoms with Crippen LogP contribution in [0.25, 0.3) is 0 Å². The van der Waals surface area contributed by atoms with E-state index in [1.54, 1.807) is 0 Å². The first-order chi connectivity index (χ1) is 9.79. The van der Waals surface area contributed by atoms with Gasteiger partial charge in [-0.3, -0.25) is 0 Å². The van der Waals surface area contributed by atoms with Crippen LogP contribution in [0.2, 0.25) is 0 Å². The van der Waals surface area contributed by atoms with E-state index in [4.69, 9.17) is 14.6 Å². The van der Waals surface area contributed by atoms with Gasteiger partial charge in [0.15, 0.2) is 0 Å². The van der Waals surface area contributed by atoms with E-state index in [0.717, 1.165) is 25.0 Å². The van der Waals surface area contributed by atoms with Crippen molar-refractivity contribution in [3.63, 3.8) is 0 Å². The van der Waals surface area contributed by atoms with Gasteiger partial charge in [-0.25, -0.2) is 22.7 Å². The van der Waals surface area contributed by atoms with Crippen molar-refractivity contribution in [1.82, 2.24) is 0 Å². The fraction of sp³-hybridized carbons (Fsp3) is 0.462. The average Bonchev–Trinajstić information content (AvgIpc) is 2.90. The Balaban J connectivity index is 2.19. The molecule has 2 rings (SSSR count). The molecular weight excluding hydrogens is 301 g/mol. The molecule has 1 unspecified atom stereocenters. The number of carbonyl (C=O) groups is 1. The van der Waals surface area contributed by atoms with Crippen LogP contribution in [-0.2, 0) is 19.5 Å². The molecule has 0 saturated carbocycles. The number of esters is 1. The molecule has 1 atom stereocenters. The Hall–Kier alpha value is -1.51. The van der Waals surface area contributed by atoms with Crippen LogP contribution in [0, 0.1) is 12.7 Å². The number of ether oxygens (including phenoxy) is 2. The van der Waals surface area contributed by atoms with E-state index >= 15 is 0 Å². The lowest BCUT2D eigenvalue weighted by atomic mass is 10.1. The van der Waals surface area contributed by atoms with Gasteiger partial charge in [0.2, 0.25) is 10.0 Å². The summed E-state index contributed by atoms with van der Waals surface area (Å²) in [5, 5.41) is 5.00. The van der Waals surface area contributed by atoms with Crippen molar-refractivity contribution >= 4 is 16.0 Å². The molecule has 1 heterocycles. The van der Waals surface area contributed by atoms with E-state index in [1.807, 2.05) is 0 Å². The summed E-state index contributed by atoms with van der Waals surface area (Å²) < 4.78 is 46.8. The topological polar surface area (TPSA) is 95.7 Å². The van der Waals surface area contributed by atoms with E-state index in [0.29, 0.717) is 6.61 Å². The number of hydrogen-bond donors (Lipinski definition) is 1. The number of hydrogen-bond acceptors (Lipinski definition) is 5. The third kappa shape index (κ3) is 3.78. The van der Waals surface area contributed by atoms with Crippen LogP contribution in [0.5, 0.6) is 0 Å². The van der Waals surface area contributed by atoms with Crippen LogP contribution < -0.4 is 5.14 Å². The van der Waals surface area contributed by atoms with Crippen molar-refractivity contribution in [3.8, 4) is 0 Å². The van der Waals surface area contributed by atoms with Crippen LogP contribution in [0.15, 0.2) is 17.0 Å². The Kier molecular flexibility index (Phi) is 4.60. The summed E-state index contributed by atoms with van der Waals surface area (Å²) in [7, 11) is -4.12. The Morgan fingerprint density at radius 3 is 2.81 bits per heavy atom. The highest BCUT2D eigenvalue weighted by molar-refractivity contribution is 7.89. The lowest BCUT2D eigenvalue weighted by Crippen LogP contribution is -2.19. The summed E-state index contributed by atoms with van der Waals surface area (Å²) in [6.07, 6.45) is 1.52. The Labute approximate surface area is 122 Å². The van der Waals surface area contributed by atoms with E-state index < -0.39 is 26.7 Å². The van der Waals surface area contributed by atoms with Crippen LogP contribution in [0.3, 0.4) is 0 Å². The van der Waals surface area contributed by atoms with E-state index in [9.17, 15) is 17.6 Å². The molecule has 1 aromatic carbocycles. The van der Waals surface area contributed by atoms with Gasteiger partial charge in [-0.15, -0.1) is 0 Å². The van der Waals surface area contributed by atoms with E-state index in [1.165, 1.54) is 6.92 Å². The fourth-order valence-corrected chi connectivity index (χ4v) is 2.91. The van der Waals surface area contributed by atoms with Crippen molar-refractivity contribution in [2.24, 2.45) is 5.14 Å². The molecule has 0 bridgehead atoms. The molecule has 0 aromatic heterocycles. The van der Waals surface area contributed by atoms with Gasteiger partial charge in [-0.05, 0) is 31.9 Å². The number of benzene rings is 1. The molecule has 0 spiro atoms. The van der Waals surface area contributed by atoms with Gasteiger partial charge in [0.05, 0.1) is 16.6 Å². The van der Waals surface area contributed by atoms with E-state index in [-0.39, 0.29) is 23.8 Å². The molecule has 8 heteroatoms. The maximum absolute atomic E-state index is 13.7. The second-order valence-corrected chi connectivity index (χ2v) is 6.39. The molecule has 6 nitrogen and oxygen atoms in total. The molecule has 116 valence electrons. The summed E-state index contributed by atoms with van der Waals surface area (Å²) in [5.74, 6) is -1.64. The maximum Gasteiger partial charge on any atom is 0.338 e. The molecule has 1 aliphatic rings. The van der Waals surface area contributed by atoms with Crippen LogP contribution >= 0.6 is 0 Å². The van der Waals surface area contributed by atoms with Crippen LogP contribution in [-0.4, -0.2) is 33.7 Å². The van der Waals surface area contributed by atoms with Gasteiger partial charge in [0.25, 0.3) is 0 Å². The quantitative estimate of drug-likeness (QED) is 0.840. The molecule has 1 aliphatic heterocycles. The van der Waals surface area contributed by atoms with Gasteiger partial charge in [0.1, 0.15) is 12.4 Å². The van der Waals surface area contributed by atoms with Crippen LogP contribution in [0.4, 0.5) is 4.39 Å². The van der Waals surface area contributed by atoms with Crippen molar-refractivity contribution in [2.75, 3.05) is 13.2 Å². The summed E-state index contributed by atoms with van der Waals surface area (Å²) in [5.41, 5.74) is -0.326.